The third-order valence-electron chi connectivity index (χ3n) is 19.1. The summed E-state index contributed by atoms with van der Waals surface area (Å²) >= 11 is 0. The van der Waals surface area contributed by atoms with Gasteiger partial charge in [0.05, 0.1) is 45.6 Å². The zero-order valence-electron chi connectivity index (χ0n) is 56.1. The molecule has 18 heteroatoms. The number of amides is 2. The fourth-order valence-electron chi connectivity index (χ4n) is 14.2. The Bertz CT molecular complexity index is 5790. The van der Waals surface area contributed by atoms with Crippen LogP contribution in [0.15, 0.2) is 244 Å². The minimum Gasteiger partial charge on any atom is -0.354 e. The second kappa shape index (κ2) is 27.2. The highest BCUT2D eigenvalue weighted by Crippen LogP contribution is 2.42. The average molecular weight is 1360 g/mol. The fourth-order valence-corrected chi connectivity index (χ4v) is 14.2. The van der Waals surface area contributed by atoms with Crippen LogP contribution in [0.3, 0.4) is 0 Å². The molecule has 0 aliphatic carbocycles. The molecule has 4 aliphatic rings. The molecule has 16 heterocycles. The van der Waals surface area contributed by atoms with E-state index >= 15 is 0 Å². The van der Waals surface area contributed by atoms with Gasteiger partial charge in [0.2, 0.25) is 0 Å². The normalized spacial score (nSPS) is 12.0. The number of carbonyl (C=O) groups is 2. The summed E-state index contributed by atoms with van der Waals surface area (Å²) in [6, 6.07) is 55.7. The van der Waals surface area contributed by atoms with Crippen LogP contribution in [-0.2, 0) is 0 Å². The van der Waals surface area contributed by atoms with Crippen molar-refractivity contribution in [1.82, 2.24) is 80.4 Å². The summed E-state index contributed by atoms with van der Waals surface area (Å²) in [6.45, 7) is 0.649. The number of aromatic nitrogens is 14. The molecule has 12 aromatic heterocycles. The highest BCUT2D eigenvalue weighted by atomic mass is 16.2. The Morgan fingerprint density at radius 1 is 0.229 bits per heavy atom. The number of H-pyrrole nitrogens is 4. The zero-order chi connectivity index (χ0) is 70.2. The van der Waals surface area contributed by atoms with Crippen LogP contribution in [0, 0.1) is 0 Å². The van der Waals surface area contributed by atoms with Crippen molar-refractivity contribution >= 4 is 105 Å². The molecule has 16 bridgehead atoms. The number of pyridine rings is 6. The molecule has 0 saturated heterocycles. The van der Waals surface area contributed by atoms with Gasteiger partial charge in [-0.05, 0) is 245 Å². The van der Waals surface area contributed by atoms with Gasteiger partial charge in [-0.3, -0.25) is 39.5 Å². The first-order valence-electron chi connectivity index (χ1n) is 34.4. The first kappa shape index (κ1) is 62.7. The predicted molar refractivity (Wildman–Crippen MR) is 417 cm³/mol. The van der Waals surface area contributed by atoms with Crippen molar-refractivity contribution < 1.29 is 9.59 Å². The Morgan fingerprint density at radius 2 is 0.400 bits per heavy atom. The minimum atomic E-state index is -0.240. The number of rotatable bonds is 14. The molecule has 0 unspecified atom stereocenters. The molecule has 18 rings (SSSR count). The molecule has 14 aromatic rings. The van der Waals surface area contributed by atoms with Crippen molar-refractivity contribution in [2.24, 2.45) is 0 Å². The lowest BCUT2D eigenvalue weighted by Crippen LogP contribution is -2.29. The molecule has 0 atom stereocenters. The maximum absolute atomic E-state index is 14.0. The third-order valence-corrected chi connectivity index (χ3v) is 19.1. The van der Waals surface area contributed by atoms with Crippen molar-refractivity contribution in [2.45, 2.75) is 6.42 Å². The van der Waals surface area contributed by atoms with E-state index in [0.29, 0.717) is 30.6 Å². The average Bonchev–Trinajstić information content (AvgIpc) is 1.62. The maximum Gasteiger partial charge on any atom is 0.251 e. The summed E-state index contributed by atoms with van der Waals surface area (Å²) in [5, 5.41) is 6.15. The van der Waals surface area contributed by atoms with E-state index in [-0.39, 0.29) is 11.8 Å². The molecule has 0 saturated carbocycles. The molecule has 105 heavy (non-hydrogen) atoms. The second-order valence-corrected chi connectivity index (χ2v) is 25.4. The minimum absolute atomic E-state index is 0.240. The number of aromatic amines is 4. The van der Waals surface area contributed by atoms with Gasteiger partial charge in [0.15, 0.2) is 0 Å². The van der Waals surface area contributed by atoms with Crippen LogP contribution in [0.5, 0.6) is 0 Å². The molecule has 2 amide bonds. The maximum atomic E-state index is 14.0. The Labute approximate surface area is 600 Å². The molecular weight excluding hydrogens is 1300 g/mol. The van der Waals surface area contributed by atoms with Crippen molar-refractivity contribution in [2.75, 3.05) is 13.1 Å². The molecular formula is C87H60N16O2. The Morgan fingerprint density at radius 3 is 0.581 bits per heavy atom. The lowest BCUT2D eigenvalue weighted by Gasteiger charge is -2.09. The van der Waals surface area contributed by atoms with Crippen LogP contribution >= 0.6 is 0 Å². The predicted octanol–water partition coefficient (Wildman–Crippen LogP) is 17.9. The summed E-state index contributed by atoms with van der Waals surface area (Å²) in [7, 11) is 0. The SMILES string of the molecule is O=C(NCCCNC(=O)c1ccc(-c2c3nc(c(-c4ccncc4)c4ccc([nH]4)c(-c4ccncc4)c4nc(c(-c5ccncc5)c5ccc2[nH]5)C=C4)C=C3)cc1)c1ccc(-c2c3nc(c(-c4ccncc4)c4ccc([nH]4)c(-c4ccncc4)c4nc(c(-c5ccncc5)c5ccc2[nH]5)C=C4)C=C3)cc1. The number of benzene rings is 2. The fraction of sp³-hybridized carbons (Fsp3) is 0.0345. The quantitative estimate of drug-likeness (QED) is 0.0556. The Hall–Kier alpha value is -14.5. The van der Waals surface area contributed by atoms with E-state index in [2.05, 4.69) is 133 Å². The lowest BCUT2D eigenvalue weighted by atomic mass is 10.0. The summed E-state index contributed by atoms with van der Waals surface area (Å²) in [5.41, 5.74) is 28.3. The van der Waals surface area contributed by atoms with Crippen LogP contribution in [0.4, 0.5) is 0 Å². The highest BCUT2D eigenvalue weighted by Gasteiger charge is 2.23. The number of hydrogen-bond acceptors (Lipinski definition) is 12. The van der Waals surface area contributed by atoms with E-state index in [9.17, 15) is 9.59 Å². The number of carbonyl (C=O) groups excluding carboxylic acids is 2. The van der Waals surface area contributed by atoms with E-state index < -0.39 is 0 Å². The van der Waals surface area contributed by atoms with Crippen LogP contribution in [0.1, 0.15) is 72.7 Å². The largest absolute Gasteiger partial charge is 0.354 e. The van der Waals surface area contributed by atoms with Gasteiger partial charge >= 0.3 is 0 Å². The summed E-state index contributed by atoms with van der Waals surface area (Å²) in [6.07, 6.45) is 38.4. The van der Waals surface area contributed by atoms with Crippen LogP contribution in [-0.4, -0.2) is 94.7 Å². The van der Waals surface area contributed by atoms with Gasteiger partial charge in [-0.15, -0.1) is 0 Å². The molecule has 2 aromatic carbocycles. The van der Waals surface area contributed by atoms with E-state index in [1.807, 2.05) is 146 Å². The monoisotopic (exact) mass is 1360 g/mol. The molecule has 500 valence electrons. The van der Waals surface area contributed by atoms with E-state index in [1.165, 1.54) is 0 Å². The van der Waals surface area contributed by atoms with Crippen molar-refractivity contribution in [3.63, 3.8) is 0 Å². The molecule has 0 spiro atoms. The number of fused-ring (bicyclic) bond motifs is 16. The Balaban J connectivity index is 0.630. The number of nitrogens with zero attached hydrogens (tertiary/aromatic N) is 10. The lowest BCUT2D eigenvalue weighted by molar-refractivity contribution is 0.0951. The molecule has 4 aliphatic heterocycles. The van der Waals surface area contributed by atoms with Crippen LogP contribution < -0.4 is 10.6 Å². The van der Waals surface area contributed by atoms with Gasteiger partial charge in [-0.25, -0.2) is 19.9 Å². The molecule has 6 N–H and O–H groups in total. The zero-order valence-corrected chi connectivity index (χ0v) is 56.1. The highest BCUT2D eigenvalue weighted by molar-refractivity contribution is 6.04. The van der Waals surface area contributed by atoms with Crippen molar-refractivity contribution in [3.8, 4) is 89.0 Å². The van der Waals surface area contributed by atoms with Gasteiger partial charge in [0.25, 0.3) is 11.8 Å². The first-order valence-corrected chi connectivity index (χ1v) is 34.4. The van der Waals surface area contributed by atoms with Gasteiger partial charge in [0.1, 0.15) is 0 Å². The first-order chi connectivity index (χ1) is 51.9. The van der Waals surface area contributed by atoms with Crippen molar-refractivity contribution in [3.05, 3.63) is 301 Å². The number of hydrogen-bond donors (Lipinski definition) is 6. The van der Waals surface area contributed by atoms with Gasteiger partial charge in [-0.2, -0.15) is 0 Å². The number of nitrogens with one attached hydrogen (secondary N) is 6. The van der Waals surface area contributed by atoms with Crippen LogP contribution in [0.2, 0.25) is 0 Å². The van der Waals surface area contributed by atoms with Gasteiger partial charge in [0, 0.05) is 187 Å². The topological polar surface area (TPSA) is 250 Å². The van der Waals surface area contributed by atoms with Gasteiger partial charge < -0.3 is 30.6 Å². The van der Waals surface area contributed by atoms with E-state index in [0.717, 1.165) is 179 Å². The van der Waals surface area contributed by atoms with Crippen molar-refractivity contribution in [1.29, 1.82) is 0 Å². The van der Waals surface area contributed by atoms with Crippen LogP contribution in [0.25, 0.3) is 182 Å². The smallest absolute Gasteiger partial charge is 0.251 e. The third kappa shape index (κ3) is 12.1. The summed E-state index contributed by atoms with van der Waals surface area (Å²) in [4.78, 5) is 90.7. The van der Waals surface area contributed by atoms with E-state index in [1.54, 1.807) is 74.4 Å². The molecule has 0 radical (unpaired) electrons. The molecule has 0 fully saturated rings. The van der Waals surface area contributed by atoms with Gasteiger partial charge in [-0.1, -0.05) is 24.3 Å². The van der Waals surface area contributed by atoms with E-state index in [4.69, 9.17) is 19.9 Å². The summed E-state index contributed by atoms with van der Waals surface area (Å²) in [5.74, 6) is -0.480. The Kier molecular flexibility index (Phi) is 16.2. The standard InChI is InChI=1S/C87H60N16O2/c104-86(60-6-2-52(3-7-60)78-62-10-14-66(96-62)80(54-26-40-88-41-27-54)70-18-22-74(100-70)84(58-34-48-92-49-35-58)75-23-19-71(101-75)81(55-28-42-89-43-29-55)67-15-11-63(78)97-67)94-38-1-39-95-87(105)61-8-4-53(5-9-61)79-64-12-16-68(98-64)82(56-30-44-90-45-31-56)72-20-24-76(102-72)85(59-36-50-93-51-37-59)77-25-21-73(103-77)83(57-32-46-91-47-33-57)69-17-13-65(79)99-69/h2-37,40-51,96,98,101,103H,1,38-39H2,(H,94,104)(H,95,105). The summed E-state index contributed by atoms with van der Waals surface area (Å²) < 4.78 is 0. The molecule has 18 nitrogen and oxygen atoms in total. The second-order valence-electron chi connectivity index (χ2n) is 25.4.